The lowest BCUT2D eigenvalue weighted by Crippen LogP contribution is -2.33. The Hall–Kier alpha value is -3.41. The number of para-hydroxylation sites is 1. The van der Waals surface area contributed by atoms with Gasteiger partial charge in [0.2, 0.25) is 0 Å². The second kappa shape index (κ2) is 8.53. The zero-order valence-corrected chi connectivity index (χ0v) is 16.7. The molecule has 1 unspecified atom stereocenters. The van der Waals surface area contributed by atoms with E-state index < -0.39 is 11.9 Å². The van der Waals surface area contributed by atoms with Crippen LogP contribution in [-0.4, -0.2) is 23.3 Å². The highest BCUT2D eigenvalue weighted by molar-refractivity contribution is 6.04. The summed E-state index contributed by atoms with van der Waals surface area (Å²) in [4.78, 5) is 28.5. The van der Waals surface area contributed by atoms with Crippen molar-refractivity contribution in [3.63, 3.8) is 0 Å². The van der Waals surface area contributed by atoms with Crippen LogP contribution in [0.4, 0.5) is 4.39 Å². The van der Waals surface area contributed by atoms with E-state index in [2.05, 4.69) is 10.3 Å². The summed E-state index contributed by atoms with van der Waals surface area (Å²) in [6.45, 7) is 1.86. The number of hydrogen-bond acceptors (Lipinski definition) is 3. The van der Waals surface area contributed by atoms with Crippen molar-refractivity contribution < 1.29 is 18.7 Å². The molecular weight excluding hydrogens is 383 g/mol. The standard InChI is InChI=1S/C24H23FN2O3/c1-15-22-18(11-7-12-20(22)28)26-23(15)24(29)27-19(16-8-3-2-4-9-16)14-30-21-13-6-5-10-17(21)25/h2-6,8-10,13,19,26H,7,11-12,14H2,1H3,(H,27,29). The normalized spacial score (nSPS) is 14.1. The second-order valence-corrected chi connectivity index (χ2v) is 7.43. The van der Waals surface area contributed by atoms with Crippen LogP contribution < -0.4 is 10.1 Å². The van der Waals surface area contributed by atoms with E-state index in [0.29, 0.717) is 23.2 Å². The SMILES string of the molecule is Cc1c(C(=O)NC(COc2ccccc2F)c2ccccc2)[nH]c2c1C(=O)CCC2. The minimum Gasteiger partial charge on any atom is -0.488 e. The number of halogens is 1. The third-order valence-corrected chi connectivity index (χ3v) is 5.41. The highest BCUT2D eigenvalue weighted by atomic mass is 19.1. The largest absolute Gasteiger partial charge is 0.488 e. The number of aromatic nitrogens is 1. The quantitative estimate of drug-likeness (QED) is 0.632. The van der Waals surface area contributed by atoms with Gasteiger partial charge in [0.05, 0.1) is 6.04 Å². The molecule has 2 aromatic carbocycles. The lowest BCUT2D eigenvalue weighted by atomic mass is 9.94. The monoisotopic (exact) mass is 406 g/mol. The van der Waals surface area contributed by atoms with Crippen molar-refractivity contribution in [1.82, 2.24) is 10.3 Å². The molecule has 0 saturated carbocycles. The van der Waals surface area contributed by atoms with E-state index in [1.54, 1.807) is 25.1 Å². The molecule has 30 heavy (non-hydrogen) atoms. The molecule has 0 spiro atoms. The van der Waals surface area contributed by atoms with Gasteiger partial charge in [-0.25, -0.2) is 4.39 Å². The van der Waals surface area contributed by atoms with Gasteiger partial charge in [-0.15, -0.1) is 0 Å². The number of aromatic amines is 1. The van der Waals surface area contributed by atoms with Crippen LogP contribution in [0.1, 0.15) is 56.6 Å². The lowest BCUT2D eigenvalue weighted by Gasteiger charge is -2.20. The maximum absolute atomic E-state index is 13.9. The van der Waals surface area contributed by atoms with Crippen molar-refractivity contribution >= 4 is 11.7 Å². The van der Waals surface area contributed by atoms with Crippen LogP contribution in [0, 0.1) is 12.7 Å². The molecule has 6 heteroatoms. The Morgan fingerprint density at radius 2 is 1.87 bits per heavy atom. The number of fused-ring (bicyclic) bond motifs is 1. The smallest absolute Gasteiger partial charge is 0.268 e. The molecule has 1 aliphatic carbocycles. The molecule has 0 radical (unpaired) electrons. The van der Waals surface area contributed by atoms with Gasteiger partial charge in [0, 0.05) is 17.7 Å². The summed E-state index contributed by atoms with van der Waals surface area (Å²) >= 11 is 0. The van der Waals surface area contributed by atoms with Gasteiger partial charge >= 0.3 is 0 Å². The van der Waals surface area contributed by atoms with Gasteiger partial charge in [-0.3, -0.25) is 9.59 Å². The van der Waals surface area contributed by atoms with Gasteiger partial charge in [0.1, 0.15) is 12.3 Å². The van der Waals surface area contributed by atoms with Crippen LogP contribution in [-0.2, 0) is 6.42 Å². The van der Waals surface area contributed by atoms with E-state index in [-0.39, 0.29) is 24.0 Å². The molecular formula is C24H23FN2O3. The highest BCUT2D eigenvalue weighted by Gasteiger charge is 2.27. The molecule has 4 rings (SSSR count). The van der Waals surface area contributed by atoms with E-state index in [1.165, 1.54) is 6.07 Å². The predicted molar refractivity (Wildman–Crippen MR) is 111 cm³/mol. The number of carbonyl (C=O) groups excluding carboxylic acids is 2. The first-order valence-corrected chi connectivity index (χ1v) is 10.0. The fourth-order valence-corrected chi connectivity index (χ4v) is 3.87. The number of ether oxygens (including phenoxy) is 1. The van der Waals surface area contributed by atoms with E-state index in [0.717, 1.165) is 24.1 Å². The molecule has 0 bridgehead atoms. The first-order valence-electron chi connectivity index (χ1n) is 10.0. The van der Waals surface area contributed by atoms with Gasteiger partial charge in [0.25, 0.3) is 5.91 Å². The molecule has 3 aromatic rings. The maximum Gasteiger partial charge on any atom is 0.268 e. The third-order valence-electron chi connectivity index (χ3n) is 5.41. The third kappa shape index (κ3) is 3.99. The molecule has 0 saturated heterocycles. The Morgan fingerprint density at radius 1 is 1.13 bits per heavy atom. The van der Waals surface area contributed by atoms with Gasteiger partial charge in [-0.1, -0.05) is 42.5 Å². The number of H-pyrrole nitrogens is 1. The molecule has 0 aliphatic heterocycles. The fraction of sp³-hybridized carbons (Fsp3) is 0.250. The molecule has 1 heterocycles. The van der Waals surface area contributed by atoms with Gasteiger partial charge in [-0.05, 0) is 43.0 Å². The number of benzene rings is 2. The van der Waals surface area contributed by atoms with Crippen LogP contribution in [0.15, 0.2) is 54.6 Å². The highest BCUT2D eigenvalue weighted by Crippen LogP contribution is 2.27. The summed E-state index contributed by atoms with van der Waals surface area (Å²) in [5.41, 5.74) is 3.38. The van der Waals surface area contributed by atoms with Gasteiger partial charge in [0.15, 0.2) is 17.3 Å². The average molecular weight is 406 g/mol. The van der Waals surface area contributed by atoms with Crippen molar-refractivity contribution in [2.75, 3.05) is 6.61 Å². The number of nitrogens with one attached hydrogen (secondary N) is 2. The summed E-state index contributed by atoms with van der Waals surface area (Å²) in [7, 11) is 0. The Kier molecular flexibility index (Phi) is 5.65. The number of ketones is 1. The number of Topliss-reactive ketones (excluding diaryl/α,β-unsaturated/α-hetero) is 1. The maximum atomic E-state index is 13.9. The van der Waals surface area contributed by atoms with Crippen LogP contribution in [0.5, 0.6) is 5.75 Å². The molecule has 2 N–H and O–H groups in total. The summed E-state index contributed by atoms with van der Waals surface area (Å²) in [5.74, 6) is -0.570. The molecule has 1 aliphatic rings. The van der Waals surface area contributed by atoms with Crippen LogP contribution in [0.2, 0.25) is 0 Å². The molecule has 1 aromatic heterocycles. The molecule has 154 valence electrons. The van der Waals surface area contributed by atoms with Crippen molar-refractivity contribution in [2.24, 2.45) is 0 Å². The van der Waals surface area contributed by atoms with Gasteiger partial charge in [-0.2, -0.15) is 0 Å². The topological polar surface area (TPSA) is 71.2 Å². The number of amides is 1. The predicted octanol–water partition coefficient (Wildman–Crippen LogP) is 4.53. The lowest BCUT2D eigenvalue weighted by molar-refractivity contribution is 0.0915. The number of carbonyl (C=O) groups is 2. The Bertz CT molecular complexity index is 1080. The van der Waals surface area contributed by atoms with E-state index in [1.807, 2.05) is 30.3 Å². The molecule has 5 nitrogen and oxygen atoms in total. The Morgan fingerprint density at radius 3 is 2.60 bits per heavy atom. The van der Waals surface area contributed by atoms with Crippen LogP contribution in [0.3, 0.4) is 0 Å². The Labute approximate surface area is 174 Å². The number of rotatable bonds is 6. The van der Waals surface area contributed by atoms with Crippen LogP contribution in [0.25, 0.3) is 0 Å². The zero-order valence-electron chi connectivity index (χ0n) is 16.7. The second-order valence-electron chi connectivity index (χ2n) is 7.43. The average Bonchev–Trinajstić information content (AvgIpc) is 3.10. The molecule has 0 fully saturated rings. The zero-order chi connectivity index (χ0) is 21.1. The summed E-state index contributed by atoms with van der Waals surface area (Å²) < 4.78 is 19.6. The van der Waals surface area contributed by atoms with Crippen molar-refractivity contribution in [3.8, 4) is 5.75 Å². The summed E-state index contributed by atoms with van der Waals surface area (Å²) in [6.07, 6.45) is 2.06. The minimum absolute atomic E-state index is 0.0646. The van der Waals surface area contributed by atoms with E-state index >= 15 is 0 Å². The van der Waals surface area contributed by atoms with Crippen molar-refractivity contribution in [3.05, 3.63) is 88.5 Å². The first-order chi connectivity index (χ1) is 14.5. The van der Waals surface area contributed by atoms with Gasteiger partial charge < -0.3 is 15.0 Å². The van der Waals surface area contributed by atoms with Crippen molar-refractivity contribution in [1.29, 1.82) is 0 Å². The molecule has 1 amide bonds. The molecule has 1 atom stereocenters. The number of aryl methyl sites for hydroxylation is 1. The minimum atomic E-state index is -0.492. The summed E-state index contributed by atoms with van der Waals surface area (Å²) in [5, 5.41) is 2.98. The van der Waals surface area contributed by atoms with E-state index in [4.69, 9.17) is 4.74 Å². The first kappa shape index (κ1) is 19.9. The fourth-order valence-electron chi connectivity index (χ4n) is 3.87. The number of hydrogen-bond donors (Lipinski definition) is 2. The van der Waals surface area contributed by atoms with Crippen molar-refractivity contribution in [2.45, 2.75) is 32.2 Å². The van der Waals surface area contributed by atoms with Crippen LogP contribution >= 0.6 is 0 Å². The summed E-state index contributed by atoms with van der Waals surface area (Å²) in [6, 6.07) is 15.1. The Balaban J connectivity index is 1.57. The van der Waals surface area contributed by atoms with E-state index in [9.17, 15) is 14.0 Å².